The van der Waals surface area contributed by atoms with Crippen molar-refractivity contribution in [3.8, 4) is 0 Å². The third-order valence-electron chi connectivity index (χ3n) is 2.40. The molecule has 1 aliphatic rings. The van der Waals surface area contributed by atoms with Crippen molar-refractivity contribution in [1.82, 2.24) is 10.6 Å². The molecule has 1 heterocycles. The Morgan fingerprint density at radius 2 is 2.06 bits per heavy atom. The number of nitrogens with two attached hydrogens (primary N) is 1. The van der Waals surface area contributed by atoms with Crippen LogP contribution in [0.3, 0.4) is 0 Å². The molecule has 1 saturated heterocycles. The minimum absolute atomic E-state index is 0.0590. The number of carbonyl (C=O) groups excluding carboxylic acids is 2. The number of piperidine rings is 1. The Morgan fingerprint density at radius 3 is 2.39 bits per heavy atom. The number of hydrogen-bond acceptors (Lipinski definition) is 5. The maximum absolute atomic E-state index is 11.1. The lowest BCUT2D eigenvalue weighted by atomic mass is 9.96. The first kappa shape index (κ1) is 16.9. The molecule has 106 valence electrons. The van der Waals surface area contributed by atoms with Crippen LogP contribution in [0, 0.1) is 5.92 Å². The van der Waals surface area contributed by atoms with E-state index < -0.39 is 0 Å². The SMILES string of the molecule is CC(C)(C)OC=O.CNC(=O)C1CNCC(N)C1. The van der Waals surface area contributed by atoms with Gasteiger partial charge in [0.15, 0.2) is 0 Å². The van der Waals surface area contributed by atoms with E-state index in [0.717, 1.165) is 19.5 Å². The average Bonchev–Trinajstić information content (AvgIpc) is 2.27. The molecule has 0 radical (unpaired) electrons. The summed E-state index contributed by atoms with van der Waals surface area (Å²) in [5, 5.41) is 5.73. The van der Waals surface area contributed by atoms with Gasteiger partial charge in [0.1, 0.15) is 5.60 Å². The monoisotopic (exact) mass is 259 g/mol. The molecule has 18 heavy (non-hydrogen) atoms. The Bertz CT molecular complexity index is 264. The van der Waals surface area contributed by atoms with Gasteiger partial charge in [-0.25, -0.2) is 0 Å². The van der Waals surface area contributed by atoms with Gasteiger partial charge in [-0.3, -0.25) is 9.59 Å². The average molecular weight is 259 g/mol. The van der Waals surface area contributed by atoms with Gasteiger partial charge >= 0.3 is 0 Å². The first-order valence-electron chi connectivity index (χ1n) is 6.09. The minimum Gasteiger partial charge on any atom is -0.462 e. The number of rotatable bonds is 2. The highest BCUT2D eigenvalue weighted by Crippen LogP contribution is 2.08. The molecule has 6 nitrogen and oxygen atoms in total. The molecule has 0 aromatic heterocycles. The van der Waals surface area contributed by atoms with E-state index in [0.29, 0.717) is 6.47 Å². The second kappa shape index (κ2) is 8.05. The predicted molar refractivity (Wildman–Crippen MR) is 69.9 cm³/mol. The van der Waals surface area contributed by atoms with Crippen LogP contribution in [-0.4, -0.2) is 44.2 Å². The molecule has 1 fully saturated rings. The van der Waals surface area contributed by atoms with Crippen molar-refractivity contribution in [1.29, 1.82) is 0 Å². The zero-order chi connectivity index (χ0) is 14.2. The highest BCUT2D eigenvalue weighted by atomic mass is 16.5. The first-order valence-corrected chi connectivity index (χ1v) is 6.09. The Kier molecular flexibility index (Phi) is 7.54. The van der Waals surface area contributed by atoms with Crippen LogP contribution in [0.2, 0.25) is 0 Å². The molecule has 0 aromatic rings. The van der Waals surface area contributed by atoms with Crippen molar-refractivity contribution >= 4 is 12.4 Å². The lowest BCUT2D eigenvalue weighted by Crippen LogP contribution is -2.48. The molecule has 1 aliphatic heterocycles. The first-order chi connectivity index (χ1) is 8.30. The number of amides is 1. The Morgan fingerprint density at radius 1 is 1.44 bits per heavy atom. The maximum Gasteiger partial charge on any atom is 0.293 e. The number of carbonyl (C=O) groups is 2. The van der Waals surface area contributed by atoms with Crippen LogP contribution in [0.1, 0.15) is 27.2 Å². The van der Waals surface area contributed by atoms with Gasteiger partial charge in [0.2, 0.25) is 5.91 Å². The molecule has 0 aromatic carbocycles. The fourth-order valence-electron chi connectivity index (χ4n) is 1.52. The summed E-state index contributed by atoms with van der Waals surface area (Å²) < 4.78 is 4.55. The summed E-state index contributed by atoms with van der Waals surface area (Å²) in [6, 6.07) is 0.131. The Hall–Kier alpha value is -1.14. The van der Waals surface area contributed by atoms with Crippen LogP contribution in [0.4, 0.5) is 0 Å². The molecule has 0 aliphatic carbocycles. The minimum atomic E-state index is -0.318. The maximum atomic E-state index is 11.1. The van der Waals surface area contributed by atoms with Crippen LogP contribution < -0.4 is 16.4 Å². The van der Waals surface area contributed by atoms with Gasteiger partial charge < -0.3 is 21.1 Å². The molecular weight excluding hydrogens is 234 g/mol. The number of nitrogens with one attached hydrogen (secondary N) is 2. The van der Waals surface area contributed by atoms with E-state index >= 15 is 0 Å². The molecule has 1 amide bonds. The van der Waals surface area contributed by atoms with Crippen LogP contribution in [0.5, 0.6) is 0 Å². The standard InChI is InChI=1S/C7H15N3O.C5H10O2/c1-9-7(11)5-2-6(8)4-10-3-5;1-5(2,3)7-4-6/h5-6,10H,2-4,8H2,1H3,(H,9,11);4H,1-3H3. The molecule has 2 unspecified atom stereocenters. The quantitative estimate of drug-likeness (QED) is 0.588. The van der Waals surface area contributed by atoms with E-state index in [1.54, 1.807) is 7.05 Å². The summed E-state index contributed by atoms with van der Waals surface area (Å²) in [6.45, 7) is 7.51. The smallest absolute Gasteiger partial charge is 0.293 e. The van der Waals surface area contributed by atoms with Gasteiger partial charge in [0, 0.05) is 26.2 Å². The van der Waals surface area contributed by atoms with Crippen LogP contribution in [0.15, 0.2) is 0 Å². The highest BCUT2D eigenvalue weighted by Gasteiger charge is 2.23. The van der Waals surface area contributed by atoms with Crippen molar-refractivity contribution in [3.05, 3.63) is 0 Å². The van der Waals surface area contributed by atoms with Crippen molar-refractivity contribution in [2.45, 2.75) is 38.8 Å². The highest BCUT2D eigenvalue weighted by molar-refractivity contribution is 5.78. The second-order valence-electron chi connectivity index (χ2n) is 5.29. The summed E-state index contributed by atoms with van der Waals surface area (Å²) in [5.41, 5.74) is 5.36. The molecule has 0 spiro atoms. The molecule has 0 saturated carbocycles. The van der Waals surface area contributed by atoms with Crippen molar-refractivity contribution in [2.24, 2.45) is 11.7 Å². The van der Waals surface area contributed by atoms with E-state index in [9.17, 15) is 9.59 Å². The summed E-state index contributed by atoms with van der Waals surface area (Å²) in [4.78, 5) is 20.7. The summed E-state index contributed by atoms with van der Waals surface area (Å²) in [5.74, 6) is 0.149. The van der Waals surface area contributed by atoms with Gasteiger partial charge in [0.05, 0.1) is 5.92 Å². The van der Waals surface area contributed by atoms with E-state index in [1.807, 2.05) is 20.8 Å². The molecule has 4 N–H and O–H groups in total. The predicted octanol–water partition coefficient (Wildman–Crippen LogP) is -0.373. The largest absolute Gasteiger partial charge is 0.462 e. The second-order valence-corrected chi connectivity index (χ2v) is 5.29. The van der Waals surface area contributed by atoms with E-state index in [-0.39, 0.29) is 23.5 Å². The van der Waals surface area contributed by atoms with Crippen molar-refractivity contribution in [3.63, 3.8) is 0 Å². The number of hydrogen-bond donors (Lipinski definition) is 3. The van der Waals surface area contributed by atoms with Crippen LogP contribution in [0.25, 0.3) is 0 Å². The topological polar surface area (TPSA) is 93.4 Å². The van der Waals surface area contributed by atoms with Crippen molar-refractivity contribution < 1.29 is 14.3 Å². The fraction of sp³-hybridized carbons (Fsp3) is 0.833. The van der Waals surface area contributed by atoms with Crippen LogP contribution >= 0.6 is 0 Å². The molecule has 0 bridgehead atoms. The fourth-order valence-corrected chi connectivity index (χ4v) is 1.52. The summed E-state index contributed by atoms with van der Waals surface area (Å²) >= 11 is 0. The van der Waals surface area contributed by atoms with E-state index in [4.69, 9.17) is 5.73 Å². The van der Waals surface area contributed by atoms with Gasteiger partial charge in [-0.15, -0.1) is 0 Å². The van der Waals surface area contributed by atoms with E-state index in [1.165, 1.54) is 0 Å². The molecule has 2 atom stereocenters. The van der Waals surface area contributed by atoms with Crippen LogP contribution in [-0.2, 0) is 14.3 Å². The summed E-state index contributed by atoms with van der Waals surface area (Å²) in [6.07, 6.45) is 0.798. The van der Waals surface area contributed by atoms with Gasteiger partial charge in [-0.2, -0.15) is 0 Å². The Balaban J connectivity index is 0.000000360. The lowest BCUT2D eigenvalue weighted by Gasteiger charge is -2.26. The van der Waals surface area contributed by atoms with E-state index in [2.05, 4.69) is 15.4 Å². The Labute approximate surface area is 109 Å². The van der Waals surface area contributed by atoms with Gasteiger partial charge in [-0.05, 0) is 27.2 Å². The van der Waals surface area contributed by atoms with Crippen molar-refractivity contribution in [2.75, 3.05) is 20.1 Å². The molecular formula is C12H25N3O3. The third kappa shape index (κ3) is 8.03. The summed E-state index contributed by atoms with van der Waals surface area (Å²) in [7, 11) is 1.66. The number of ether oxygens (including phenoxy) is 1. The normalized spacial score (nSPS) is 23.4. The molecule has 6 heteroatoms. The third-order valence-corrected chi connectivity index (χ3v) is 2.40. The zero-order valence-electron chi connectivity index (χ0n) is 11.7. The zero-order valence-corrected chi connectivity index (χ0v) is 11.7. The van der Waals surface area contributed by atoms with Gasteiger partial charge in [0.25, 0.3) is 6.47 Å². The lowest BCUT2D eigenvalue weighted by molar-refractivity contribution is -0.138. The molecule has 1 rings (SSSR count). The van der Waals surface area contributed by atoms with Gasteiger partial charge in [-0.1, -0.05) is 0 Å².